The summed E-state index contributed by atoms with van der Waals surface area (Å²) in [4.78, 5) is 11.1. The maximum Gasteiger partial charge on any atom is 0.336 e. The maximum absolute atomic E-state index is 12.5. The summed E-state index contributed by atoms with van der Waals surface area (Å²) in [5.74, 6) is -0.989. The van der Waals surface area contributed by atoms with Crippen LogP contribution in [0.1, 0.15) is 16.8 Å². The molecule has 8 heteroatoms. The Bertz CT molecular complexity index is 646. The van der Waals surface area contributed by atoms with Gasteiger partial charge in [0.25, 0.3) is 0 Å². The summed E-state index contributed by atoms with van der Waals surface area (Å²) >= 11 is 3.11. The fraction of sp³-hybridized carbons (Fsp3) is 0.462. The molecule has 116 valence electrons. The molecule has 1 fully saturated rings. The molecule has 0 aromatic heterocycles. The van der Waals surface area contributed by atoms with Gasteiger partial charge in [-0.3, -0.25) is 0 Å². The molecule has 1 aromatic carbocycles. The topological polar surface area (TPSA) is 83.9 Å². The molecule has 1 heterocycles. The van der Waals surface area contributed by atoms with Gasteiger partial charge in [-0.2, -0.15) is 4.31 Å². The van der Waals surface area contributed by atoms with E-state index in [0.29, 0.717) is 24.2 Å². The van der Waals surface area contributed by atoms with Crippen LogP contribution >= 0.6 is 15.9 Å². The highest BCUT2D eigenvalue weighted by Crippen LogP contribution is 2.27. The van der Waals surface area contributed by atoms with Gasteiger partial charge in [-0.15, -0.1) is 0 Å². The minimum absolute atomic E-state index is 0.00108. The summed E-state index contributed by atoms with van der Waals surface area (Å²) in [6.45, 7) is 1.34. The van der Waals surface area contributed by atoms with Crippen LogP contribution in [-0.2, 0) is 14.8 Å². The Morgan fingerprint density at radius 2 is 2.24 bits per heavy atom. The zero-order valence-corrected chi connectivity index (χ0v) is 13.9. The van der Waals surface area contributed by atoms with Crippen molar-refractivity contribution in [3.8, 4) is 0 Å². The minimum Gasteiger partial charge on any atom is -0.478 e. The second-order valence-electron chi connectivity index (χ2n) is 4.92. The first-order valence-corrected chi connectivity index (χ1v) is 8.61. The number of methoxy groups -OCH3 is 1. The number of ether oxygens (including phenoxy) is 1. The molecule has 0 aliphatic carbocycles. The van der Waals surface area contributed by atoms with Crippen LogP contribution in [0.15, 0.2) is 27.6 Å². The van der Waals surface area contributed by atoms with Gasteiger partial charge in [-0.1, -0.05) is 0 Å². The average molecular weight is 378 g/mol. The van der Waals surface area contributed by atoms with Crippen molar-refractivity contribution in [2.75, 3.05) is 26.8 Å². The van der Waals surface area contributed by atoms with Crippen LogP contribution in [0.2, 0.25) is 0 Å². The number of sulfonamides is 1. The molecule has 0 radical (unpaired) electrons. The molecule has 1 atom stereocenters. The number of benzene rings is 1. The molecule has 0 saturated carbocycles. The van der Waals surface area contributed by atoms with E-state index >= 15 is 0 Å². The zero-order chi connectivity index (χ0) is 15.6. The highest BCUT2D eigenvalue weighted by molar-refractivity contribution is 9.10. The van der Waals surface area contributed by atoms with Crippen LogP contribution in [0.5, 0.6) is 0 Å². The van der Waals surface area contributed by atoms with E-state index in [0.717, 1.165) is 6.42 Å². The Balaban J connectivity index is 2.28. The second-order valence-corrected chi connectivity index (χ2v) is 7.71. The largest absolute Gasteiger partial charge is 0.478 e. The normalized spacial score (nSPS) is 19.8. The lowest BCUT2D eigenvalue weighted by molar-refractivity contribution is 0.0695. The van der Waals surface area contributed by atoms with Crippen LogP contribution in [-0.4, -0.2) is 50.6 Å². The van der Waals surface area contributed by atoms with Crippen molar-refractivity contribution < 1.29 is 23.1 Å². The molecule has 0 amide bonds. The molecule has 1 saturated heterocycles. The first kappa shape index (κ1) is 16.4. The van der Waals surface area contributed by atoms with Crippen molar-refractivity contribution in [2.24, 2.45) is 5.92 Å². The predicted octanol–water partition coefficient (Wildman–Crippen LogP) is 1.80. The molecule has 21 heavy (non-hydrogen) atoms. The van der Waals surface area contributed by atoms with Crippen LogP contribution < -0.4 is 0 Å². The first-order chi connectivity index (χ1) is 9.86. The van der Waals surface area contributed by atoms with E-state index in [4.69, 9.17) is 9.84 Å². The van der Waals surface area contributed by atoms with Gasteiger partial charge in [0.2, 0.25) is 10.0 Å². The van der Waals surface area contributed by atoms with E-state index in [9.17, 15) is 13.2 Å². The van der Waals surface area contributed by atoms with E-state index in [1.54, 1.807) is 7.11 Å². The molecule has 1 N–H and O–H groups in total. The number of carbonyl (C=O) groups is 1. The Hall–Kier alpha value is -0.960. The quantitative estimate of drug-likeness (QED) is 0.845. The molecule has 6 nitrogen and oxygen atoms in total. The Morgan fingerprint density at radius 1 is 1.52 bits per heavy atom. The molecule has 1 aliphatic heterocycles. The molecule has 0 bridgehead atoms. The number of hydrogen-bond donors (Lipinski definition) is 1. The molecular weight excluding hydrogens is 362 g/mol. The highest BCUT2D eigenvalue weighted by atomic mass is 79.9. The van der Waals surface area contributed by atoms with E-state index in [1.807, 2.05) is 0 Å². The van der Waals surface area contributed by atoms with E-state index in [1.165, 1.54) is 22.5 Å². The van der Waals surface area contributed by atoms with Gasteiger partial charge in [0.1, 0.15) is 0 Å². The molecule has 1 unspecified atom stereocenters. The Labute approximate surface area is 131 Å². The monoisotopic (exact) mass is 377 g/mol. The minimum atomic E-state index is -3.67. The van der Waals surface area contributed by atoms with Crippen LogP contribution in [0.4, 0.5) is 0 Å². The van der Waals surface area contributed by atoms with Crippen molar-refractivity contribution in [1.82, 2.24) is 4.31 Å². The number of carboxylic acids is 1. The van der Waals surface area contributed by atoms with Gasteiger partial charge < -0.3 is 9.84 Å². The Kier molecular flexibility index (Phi) is 5.03. The van der Waals surface area contributed by atoms with Gasteiger partial charge in [0.15, 0.2) is 0 Å². The number of rotatable bonds is 5. The average Bonchev–Trinajstić information content (AvgIpc) is 2.88. The lowest BCUT2D eigenvalue weighted by Crippen LogP contribution is -2.29. The van der Waals surface area contributed by atoms with Crippen molar-refractivity contribution >= 4 is 31.9 Å². The van der Waals surface area contributed by atoms with Crippen LogP contribution in [0.25, 0.3) is 0 Å². The first-order valence-electron chi connectivity index (χ1n) is 6.38. The fourth-order valence-electron chi connectivity index (χ4n) is 2.36. The van der Waals surface area contributed by atoms with Crippen molar-refractivity contribution in [2.45, 2.75) is 11.3 Å². The van der Waals surface area contributed by atoms with Gasteiger partial charge in [0.05, 0.1) is 17.1 Å². The van der Waals surface area contributed by atoms with Gasteiger partial charge in [-0.25, -0.2) is 13.2 Å². The van der Waals surface area contributed by atoms with Crippen LogP contribution in [0, 0.1) is 5.92 Å². The third-order valence-corrected chi connectivity index (χ3v) is 6.01. The summed E-state index contributed by atoms with van der Waals surface area (Å²) in [6, 6.07) is 4.04. The third kappa shape index (κ3) is 3.45. The molecule has 1 aromatic rings. The summed E-state index contributed by atoms with van der Waals surface area (Å²) in [5.41, 5.74) is -0.0660. The second kappa shape index (κ2) is 6.43. The Morgan fingerprint density at radius 3 is 2.86 bits per heavy atom. The van der Waals surface area contributed by atoms with Gasteiger partial charge in [0, 0.05) is 24.7 Å². The number of nitrogens with zero attached hydrogens (tertiary/aromatic N) is 1. The number of halogens is 1. The number of hydrogen-bond acceptors (Lipinski definition) is 4. The molecule has 2 rings (SSSR count). The fourth-order valence-corrected chi connectivity index (χ4v) is 4.34. The van der Waals surface area contributed by atoms with E-state index in [-0.39, 0.29) is 16.4 Å². The van der Waals surface area contributed by atoms with Crippen LogP contribution in [0.3, 0.4) is 0 Å². The lowest BCUT2D eigenvalue weighted by atomic mass is 10.1. The SMILES string of the molecule is COCC1CCN(S(=O)(=O)c2ccc(Br)c(C(=O)O)c2)C1. The summed E-state index contributed by atoms with van der Waals surface area (Å²) in [7, 11) is -2.08. The molecule has 1 aliphatic rings. The van der Waals surface area contributed by atoms with Crippen molar-refractivity contribution in [3.63, 3.8) is 0 Å². The molecule has 0 spiro atoms. The summed E-state index contributed by atoms with van der Waals surface area (Å²) in [6.07, 6.45) is 0.745. The van der Waals surface area contributed by atoms with Gasteiger partial charge >= 0.3 is 5.97 Å². The zero-order valence-electron chi connectivity index (χ0n) is 11.5. The molecular formula is C13H16BrNO5S. The summed E-state index contributed by atoms with van der Waals surface area (Å²) in [5, 5.41) is 9.08. The highest BCUT2D eigenvalue weighted by Gasteiger charge is 2.33. The summed E-state index contributed by atoms with van der Waals surface area (Å²) < 4.78 is 31.9. The van der Waals surface area contributed by atoms with E-state index in [2.05, 4.69) is 15.9 Å². The smallest absolute Gasteiger partial charge is 0.336 e. The lowest BCUT2D eigenvalue weighted by Gasteiger charge is -2.17. The van der Waals surface area contributed by atoms with Crippen molar-refractivity contribution in [1.29, 1.82) is 0 Å². The van der Waals surface area contributed by atoms with Crippen molar-refractivity contribution in [3.05, 3.63) is 28.2 Å². The van der Waals surface area contributed by atoms with E-state index < -0.39 is 16.0 Å². The maximum atomic E-state index is 12.5. The third-order valence-electron chi connectivity index (χ3n) is 3.46. The predicted molar refractivity (Wildman–Crippen MR) is 79.8 cm³/mol. The number of aromatic carboxylic acids is 1. The standard InChI is InChI=1S/C13H16BrNO5S/c1-20-8-9-4-5-15(7-9)21(18,19)10-2-3-12(14)11(6-10)13(16)17/h2-3,6,9H,4-5,7-8H2,1H3,(H,16,17). The van der Waals surface area contributed by atoms with Gasteiger partial charge in [-0.05, 0) is 46.5 Å². The number of carboxylic acid groups (broad SMARTS) is 1.